The molecule has 5 aliphatic heterocycles. The molecule has 0 spiro atoms. The molecule has 0 aliphatic carbocycles. The predicted molar refractivity (Wildman–Crippen MR) is 312 cm³/mol. The van der Waals surface area contributed by atoms with Gasteiger partial charge < -0.3 is 51.2 Å². The third-order valence-corrected chi connectivity index (χ3v) is 16.2. The average molecular weight is 1200 g/mol. The van der Waals surface area contributed by atoms with Gasteiger partial charge in [-0.2, -0.15) is 0 Å². The van der Waals surface area contributed by atoms with E-state index in [-0.39, 0.29) is 104 Å². The van der Waals surface area contributed by atoms with Crippen LogP contribution in [0.5, 0.6) is 0 Å². The number of carbonyl (C=O) groups excluding carboxylic acids is 6. The van der Waals surface area contributed by atoms with E-state index in [1.54, 1.807) is 50.1 Å². The van der Waals surface area contributed by atoms with Gasteiger partial charge in [0.1, 0.15) is 35.2 Å². The Morgan fingerprint density at radius 1 is 0.841 bits per heavy atom. The fourth-order valence-electron chi connectivity index (χ4n) is 11.5. The topological polar surface area (TPSA) is 206 Å². The minimum Gasteiger partial charge on any atom is -0.381 e. The molecule has 0 aromatic heterocycles. The van der Waals surface area contributed by atoms with Gasteiger partial charge in [-0.15, -0.1) is 37.2 Å². The Labute approximate surface area is 494 Å². The molecule has 4 aromatic rings. The summed E-state index contributed by atoms with van der Waals surface area (Å²) in [5.41, 5.74) is 1.86. The zero-order chi connectivity index (χ0) is 56.1. The Bertz CT molecular complexity index is 2930. The van der Waals surface area contributed by atoms with E-state index in [4.69, 9.17) is 9.47 Å². The predicted octanol–water partition coefficient (Wildman–Crippen LogP) is 5.24. The normalized spacial score (nSPS) is 22.4. The summed E-state index contributed by atoms with van der Waals surface area (Å²) in [6, 6.07) is 16.9. The number of ether oxygens (including phenoxy) is 2. The lowest BCUT2D eigenvalue weighted by atomic mass is 9.83. The zero-order valence-corrected chi connectivity index (χ0v) is 49.0. The van der Waals surface area contributed by atoms with Crippen molar-refractivity contribution in [1.29, 1.82) is 0 Å². The Hall–Kier alpha value is -5.88. The summed E-state index contributed by atoms with van der Waals surface area (Å²) in [6.45, 7) is 12.0. The molecule has 5 aliphatic rings. The molecule has 24 heteroatoms. The van der Waals surface area contributed by atoms with E-state index in [0.29, 0.717) is 75.6 Å². The molecule has 7 atom stereocenters. The van der Waals surface area contributed by atoms with Gasteiger partial charge in [-0.1, -0.05) is 36.4 Å². The van der Waals surface area contributed by atoms with Crippen LogP contribution in [0.4, 0.5) is 30.2 Å². The maximum atomic E-state index is 15.0. The average Bonchev–Trinajstić information content (AvgIpc) is 4.13. The molecular weight excluding hydrogens is 1130 g/mol. The van der Waals surface area contributed by atoms with E-state index in [9.17, 15) is 33.2 Å². The van der Waals surface area contributed by atoms with Gasteiger partial charge in [-0.25, -0.2) is 13.2 Å². The molecule has 0 bridgehead atoms. The number of rotatable bonds is 17. The lowest BCUT2D eigenvalue weighted by Gasteiger charge is -2.43. The molecule has 4 aromatic carbocycles. The van der Waals surface area contributed by atoms with E-state index in [2.05, 4.69) is 55.5 Å². The second-order valence-electron chi connectivity index (χ2n) is 21.8. The molecule has 0 radical (unpaired) electrons. The van der Waals surface area contributed by atoms with Crippen molar-refractivity contribution in [3.8, 4) is 0 Å². The van der Waals surface area contributed by atoms with E-state index in [0.717, 1.165) is 42.4 Å². The smallest absolute Gasteiger partial charge is 0.252 e. The Morgan fingerprint density at radius 2 is 1.55 bits per heavy atom. The van der Waals surface area contributed by atoms with E-state index in [1.807, 2.05) is 18.2 Å². The van der Waals surface area contributed by atoms with Crippen molar-refractivity contribution in [2.45, 2.75) is 95.2 Å². The number of hydrogen-bond acceptors (Lipinski definition) is 12. The molecule has 9 rings (SSSR count). The largest absolute Gasteiger partial charge is 0.381 e. The lowest BCUT2D eigenvalue weighted by molar-refractivity contribution is -0.144. The van der Waals surface area contributed by atoms with Gasteiger partial charge in [-0.3, -0.25) is 38.6 Å². The van der Waals surface area contributed by atoms with Crippen LogP contribution in [0.3, 0.4) is 0 Å². The number of carbonyl (C=O) groups is 6. The van der Waals surface area contributed by atoms with Crippen molar-refractivity contribution in [3.63, 3.8) is 0 Å². The number of nitrogens with zero attached hydrogens (tertiary/aromatic N) is 4. The molecule has 6 N–H and O–H groups in total. The summed E-state index contributed by atoms with van der Waals surface area (Å²) >= 11 is 0. The zero-order valence-electron chi connectivity index (χ0n) is 46.6. The molecule has 5 heterocycles. The summed E-state index contributed by atoms with van der Waals surface area (Å²) in [5, 5.41) is 17.3. The van der Waals surface area contributed by atoms with Crippen molar-refractivity contribution >= 4 is 89.7 Å². The summed E-state index contributed by atoms with van der Waals surface area (Å²) in [5.74, 6) is -6.05. The van der Waals surface area contributed by atoms with Crippen LogP contribution in [-0.4, -0.2) is 160 Å². The molecule has 0 saturated carbocycles. The van der Waals surface area contributed by atoms with E-state index in [1.165, 1.54) is 23.1 Å². The van der Waals surface area contributed by atoms with Crippen molar-refractivity contribution in [3.05, 3.63) is 124 Å². The second kappa shape index (κ2) is 28.6. The number of benzene rings is 4. The first kappa shape index (κ1) is 65.3. The minimum atomic E-state index is -1.46. The SMILES string of the molecule is CN[C@@H](C)C(=O)N[C@H](C(=O)N1Cc2ccc(NC(=O)CNC(=O)[C@@]3(C)CN(C(=O)CN4C[C@@H](C)NC[C@@H]4CN4CCOC[C@H]4C)c4cc(Cc5ccc(F)cc5)ccc43)cc2[C@H]1C(=O)Nc1c(F)cccc1F)C1CCOCC1.Cl.Cl.Cl. The van der Waals surface area contributed by atoms with Crippen LogP contribution < -0.4 is 36.8 Å². The van der Waals surface area contributed by atoms with Crippen LogP contribution in [0.2, 0.25) is 0 Å². The van der Waals surface area contributed by atoms with Crippen LogP contribution >= 0.6 is 37.2 Å². The van der Waals surface area contributed by atoms with Crippen LogP contribution in [-0.2, 0) is 56.6 Å². The maximum Gasteiger partial charge on any atom is 0.252 e. The highest BCUT2D eigenvalue weighted by Gasteiger charge is 2.48. The van der Waals surface area contributed by atoms with Crippen LogP contribution in [0.25, 0.3) is 0 Å². The van der Waals surface area contributed by atoms with Crippen LogP contribution in [0.15, 0.2) is 78.9 Å². The van der Waals surface area contributed by atoms with Crippen molar-refractivity contribution in [1.82, 2.24) is 36.0 Å². The highest BCUT2D eigenvalue weighted by molar-refractivity contribution is 6.05. The molecule has 3 saturated heterocycles. The third kappa shape index (κ3) is 14.7. The molecule has 18 nitrogen and oxygen atoms in total. The van der Waals surface area contributed by atoms with Gasteiger partial charge in [0, 0.05) is 82.0 Å². The minimum absolute atomic E-state index is 0. The Balaban J connectivity index is 0.00000360. The van der Waals surface area contributed by atoms with Gasteiger partial charge in [0.2, 0.25) is 29.5 Å². The second-order valence-corrected chi connectivity index (χ2v) is 21.8. The summed E-state index contributed by atoms with van der Waals surface area (Å²) in [4.78, 5) is 93.3. The highest BCUT2D eigenvalue weighted by atomic mass is 35.5. The highest BCUT2D eigenvalue weighted by Crippen LogP contribution is 2.43. The first-order valence-electron chi connectivity index (χ1n) is 27.2. The lowest BCUT2D eigenvalue weighted by Crippen LogP contribution is -2.62. The van der Waals surface area contributed by atoms with Crippen LogP contribution in [0, 0.1) is 23.4 Å². The first-order chi connectivity index (χ1) is 37.9. The number of nitrogens with one attached hydrogen (secondary N) is 6. The number of fused-ring (bicyclic) bond motifs is 2. The van der Waals surface area contributed by atoms with Gasteiger partial charge in [0.15, 0.2) is 0 Å². The van der Waals surface area contributed by atoms with Crippen molar-refractivity contribution in [2.75, 3.05) is 94.8 Å². The van der Waals surface area contributed by atoms with E-state index >= 15 is 8.78 Å². The molecule has 6 amide bonds. The number of para-hydroxylation sites is 1. The number of halogens is 6. The molecule has 3 fully saturated rings. The monoisotopic (exact) mass is 1200 g/mol. The van der Waals surface area contributed by atoms with Gasteiger partial charge in [-0.05, 0) is 130 Å². The summed E-state index contributed by atoms with van der Waals surface area (Å²) < 4.78 is 55.2. The standard InChI is InChI=1S/C58H71F3N10O8.3ClH/c1-34-28-69(43(26-63-34)30-68-19-22-79-32-35(68)2)31-50(73)71-33-58(4,45-16-11-38(24-48(45)71)23-37-9-13-41(59)14-10-37)57(77)64-27-49(72)65-42-15-12-40-29-70(53(44(40)25-42)55(75)67-52-46(60)7-6-8-47(52)61)56(76)51(39-17-20-78-21-18-39)66-54(74)36(3)62-5;;;/h6-16,24-25,34-36,39,43,51,53,62-63H,17-23,26-33H2,1-5H3,(H,64,77)(H,65,72)(H,66,74)(H,67,75);3*1H/t34-,35-,36+,43-,51+,53+,58+;;;/m1.../s1. The van der Waals surface area contributed by atoms with Crippen molar-refractivity contribution in [2.24, 2.45) is 5.92 Å². The van der Waals surface area contributed by atoms with Gasteiger partial charge in [0.25, 0.3) is 5.91 Å². The van der Waals surface area contributed by atoms with E-state index < -0.39 is 76.9 Å². The number of piperazine rings is 1. The van der Waals surface area contributed by atoms with Gasteiger partial charge in [0.05, 0.1) is 37.8 Å². The maximum absolute atomic E-state index is 15.0. The Morgan fingerprint density at radius 3 is 2.24 bits per heavy atom. The fraction of sp³-hybridized carbons (Fsp3) is 0.483. The summed E-state index contributed by atoms with van der Waals surface area (Å²) in [7, 11) is 1.61. The van der Waals surface area contributed by atoms with Crippen LogP contribution in [0.1, 0.15) is 74.4 Å². The van der Waals surface area contributed by atoms with Crippen molar-refractivity contribution < 1.29 is 51.4 Å². The molecule has 82 heavy (non-hydrogen) atoms. The number of morpholine rings is 1. The number of likely N-dealkylation sites (N-methyl/N-ethyl adjacent to an activating group) is 1. The first-order valence-corrected chi connectivity index (χ1v) is 27.2. The number of hydrogen-bond donors (Lipinski definition) is 6. The molecular formula is C58H74Cl3F3N10O8. The number of amides is 6. The Kier molecular flexibility index (Phi) is 22.8. The molecule has 446 valence electrons. The summed E-state index contributed by atoms with van der Waals surface area (Å²) in [6.07, 6.45) is 1.35. The molecule has 0 unspecified atom stereocenters. The fourth-order valence-corrected chi connectivity index (χ4v) is 11.5. The third-order valence-electron chi connectivity index (χ3n) is 16.2. The number of anilines is 3. The quantitative estimate of drug-likeness (QED) is 0.0804. The van der Waals surface area contributed by atoms with Gasteiger partial charge >= 0.3 is 0 Å².